The van der Waals surface area contributed by atoms with Gasteiger partial charge in [0.15, 0.2) is 11.5 Å². The summed E-state index contributed by atoms with van der Waals surface area (Å²) in [5, 5.41) is 6.04. The lowest BCUT2D eigenvalue weighted by Gasteiger charge is -2.15. The van der Waals surface area contributed by atoms with E-state index < -0.39 is 11.9 Å². The number of thiazole rings is 1. The Morgan fingerprint density at radius 3 is 2.08 bits per heavy atom. The minimum Gasteiger partial charge on any atom is -0.497 e. The number of fused-ring (bicyclic) bond motifs is 1. The molecule has 0 fully saturated rings. The number of rotatable bonds is 9. The summed E-state index contributed by atoms with van der Waals surface area (Å²) in [4.78, 5) is 30.1. The van der Waals surface area contributed by atoms with Gasteiger partial charge in [0.1, 0.15) is 5.75 Å². The van der Waals surface area contributed by atoms with Gasteiger partial charge in [0.25, 0.3) is 5.91 Å². The molecule has 0 unspecified atom stereocenters. The molecule has 0 radical (unpaired) electrons. The molecule has 0 atom stereocenters. The van der Waals surface area contributed by atoms with Gasteiger partial charge in [0.2, 0.25) is 10.9 Å². The summed E-state index contributed by atoms with van der Waals surface area (Å²) < 4.78 is 27.1. The molecule has 1 amide bonds. The zero-order valence-corrected chi connectivity index (χ0v) is 22.2. The smallest absolute Gasteiger partial charge is 0.337 e. The Morgan fingerprint density at radius 2 is 1.50 bits per heavy atom. The maximum Gasteiger partial charge on any atom is 0.337 e. The Bertz CT molecular complexity index is 1470. The number of methoxy groups -OCH3 is 5. The molecule has 10 nitrogen and oxygen atoms in total. The molecule has 0 aliphatic rings. The molecule has 0 saturated heterocycles. The molecule has 0 N–H and O–H groups in total. The maximum absolute atomic E-state index is 13.6. The molecular weight excluding hydrogens is 510 g/mol. The van der Waals surface area contributed by atoms with Gasteiger partial charge in [-0.3, -0.25) is 4.79 Å². The van der Waals surface area contributed by atoms with Crippen molar-refractivity contribution in [1.82, 2.24) is 4.98 Å². The molecule has 11 heteroatoms. The molecule has 1 heterocycles. The topological polar surface area (TPSA) is 109 Å². The summed E-state index contributed by atoms with van der Waals surface area (Å²) >= 11 is 1.28. The number of hydrogen-bond donors (Lipinski definition) is 0. The maximum atomic E-state index is 13.6. The summed E-state index contributed by atoms with van der Waals surface area (Å²) in [6.07, 6.45) is 1.50. The van der Waals surface area contributed by atoms with Crippen molar-refractivity contribution in [1.29, 1.82) is 0 Å². The van der Waals surface area contributed by atoms with E-state index in [4.69, 9.17) is 23.7 Å². The normalized spacial score (nSPS) is 10.9. The van der Waals surface area contributed by atoms with E-state index in [-0.39, 0.29) is 0 Å². The van der Waals surface area contributed by atoms with Crippen LogP contribution in [0.15, 0.2) is 59.7 Å². The van der Waals surface area contributed by atoms with Crippen molar-refractivity contribution < 1.29 is 33.3 Å². The first kappa shape index (κ1) is 26.4. The van der Waals surface area contributed by atoms with Gasteiger partial charge in [-0.2, -0.15) is 10.1 Å². The van der Waals surface area contributed by atoms with Crippen LogP contribution in [0.5, 0.6) is 23.0 Å². The second-order valence-electron chi connectivity index (χ2n) is 7.72. The number of benzene rings is 3. The molecular formula is C27H25N3O7S. The van der Waals surface area contributed by atoms with Crippen LogP contribution in [-0.4, -0.2) is 58.6 Å². The molecule has 4 aromatic rings. The van der Waals surface area contributed by atoms with E-state index in [2.05, 4.69) is 10.1 Å². The first-order chi connectivity index (χ1) is 18.4. The lowest BCUT2D eigenvalue weighted by molar-refractivity contribution is 0.0600. The molecule has 3 aromatic carbocycles. The lowest BCUT2D eigenvalue weighted by Crippen LogP contribution is -2.25. The second-order valence-corrected chi connectivity index (χ2v) is 8.73. The van der Waals surface area contributed by atoms with Crippen molar-refractivity contribution in [3.63, 3.8) is 0 Å². The van der Waals surface area contributed by atoms with Crippen molar-refractivity contribution in [2.24, 2.45) is 5.10 Å². The van der Waals surface area contributed by atoms with Crippen LogP contribution in [0.25, 0.3) is 10.2 Å². The highest BCUT2D eigenvalue weighted by Gasteiger charge is 2.22. The third-order valence-electron chi connectivity index (χ3n) is 5.52. The van der Waals surface area contributed by atoms with E-state index in [1.807, 2.05) is 12.1 Å². The minimum absolute atomic E-state index is 0.302. The molecule has 0 aliphatic heterocycles. The van der Waals surface area contributed by atoms with E-state index in [0.29, 0.717) is 50.3 Å². The quantitative estimate of drug-likeness (QED) is 0.171. The third-order valence-corrected chi connectivity index (χ3v) is 6.51. The first-order valence-corrected chi connectivity index (χ1v) is 12.1. The number of carbonyl (C=O) groups is 2. The average molecular weight is 536 g/mol. The summed E-state index contributed by atoms with van der Waals surface area (Å²) in [5.74, 6) is 1.04. The minimum atomic E-state index is -0.499. The number of ether oxygens (including phenoxy) is 5. The molecule has 1 aromatic heterocycles. The number of amides is 1. The van der Waals surface area contributed by atoms with Crippen molar-refractivity contribution >= 4 is 44.8 Å². The van der Waals surface area contributed by atoms with Crippen LogP contribution in [0, 0.1) is 0 Å². The van der Waals surface area contributed by atoms with Gasteiger partial charge in [0, 0.05) is 11.1 Å². The Hall–Kier alpha value is -4.64. The zero-order valence-electron chi connectivity index (χ0n) is 21.4. The molecule has 0 spiro atoms. The standard InChI is InChI=1S/C27H25N3O7S/c1-33-19-10-11-20-23(14-19)38-27(29-20)30(25(31)17-6-8-18(9-7-17)26(32)37-5)28-15-16-12-21(34-2)24(36-4)22(13-16)35-3/h6-15H,1-5H3/b28-15+. The average Bonchev–Trinajstić information content (AvgIpc) is 3.39. The fraction of sp³-hybridized carbons (Fsp3) is 0.185. The van der Waals surface area contributed by atoms with E-state index in [1.54, 1.807) is 25.3 Å². The van der Waals surface area contributed by atoms with Crippen LogP contribution in [0.3, 0.4) is 0 Å². The molecule has 196 valence electrons. The number of hydrazone groups is 1. The van der Waals surface area contributed by atoms with Crippen LogP contribution < -0.4 is 24.0 Å². The van der Waals surface area contributed by atoms with Crippen LogP contribution in [-0.2, 0) is 4.74 Å². The third kappa shape index (κ3) is 5.37. The summed E-state index contributed by atoms with van der Waals surface area (Å²) in [6, 6.07) is 15.0. The number of aromatic nitrogens is 1. The van der Waals surface area contributed by atoms with E-state index in [9.17, 15) is 9.59 Å². The first-order valence-electron chi connectivity index (χ1n) is 11.2. The van der Waals surface area contributed by atoms with Gasteiger partial charge in [0.05, 0.1) is 57.5 Å². The summed E-state index contributed by atoms with van der Waals surface area (Å²) in [6.45, 7) is 0. The van der Waals surface area contributed by atoms with Gasteiger partial charge in [-0.25, -0.2) is 9.78 Å². The molecule has 38 heavy (non-hydrogen) atoms. The second kappa shape index (κ2) is 11.6. The largest absolute Gasteiger partial charge is 0.497 e. The van der Waals surface area contributed by atoms with E-state index >= 15 is 0 Å². The molecule has 0 aliphatic carbocycles. The van der Waals surface area contributed by atoms with Gasteiger partial charge in [-0.15, -0.1) is 0 Å². The molecule has 0 bridgehead atoms. The van der Waals surface area contributed by atoms with Gasteiger partial charge < -0.3 is 23.7 Å². The Kier molecular flexibility index (Phi) is 8.07. The Labute approximate surface area is 223 Å². The van der Waals surface area contributed by atoms with Crippen LogP contribution in [0.4, 0.5) is 5.13 Å². The highest BCUT2D eigenvalue weighted by atomic mass is 32.1. The molecule has 0 saturated carbocycles. The van der Waals surface area contributed by atoms with Crippen molar-refractivity contribution in [2.45, 2.75) is 0 Å². The van der Waals surface area contributed by atoms with Crippen LogP contribution in [0.2, 0.25) is 0 Å². The SMILES string of the molecule is COC(=O)c1ccc(C(=O)N(/N=C/c2cc(OC)c(OC)c(OC)c2)c2nc3ccc(OC)cc3s2)cc1. The Morgan fingerprint density at radius 1 is 0.842 bits per heavy atom. The monoisotopic (exact) mass is 535 g/mol. The number of carbonyl (C=O) groups excluding carboxylic acids is 2. The molecule has 4 rings (SSSR count). The fourth-order valence-electron chi connectivity index (χ4n) is 3.59. The number of esters is 1. The highest BCUT2D eigenvalue weighted by molar-refractivity contribution is 7.22. The predicted molar refractivity (Wildman–Crippen MR) is 144 cm³/mol. The summed E-state index contributed by atoms with van der Waals surface area (Å²) in [7, 11) is 7.42. The number of anilines is 1. The van der Waals surface area contributed by atoms with Crippen molar-refractivity contribution in [2.75, 3.05) is 40.6 Å². The zero-order chi connectivity index (χ0) is 27.2. The number of nitrogens with zero attached hydrogens (tertiary/aromatic N) is 3. The van der Waals surface area contributed by atoms with Crippen LogP contribution >= 0.6 is 11.3 Å². The van der Waals surface area contributed by atoms with Gasteiger partial charge >= 0.3 is 5.97 Å². The number of hydrogen-bond acceptors (Lipinski definition) is 10. The van der Waals surface area contributed by atoms with E-state index in [1.165, 1.54) is 75.3 Å². The fourth-order valence-corrected chi connectivity index (χ4v) is 4.54. The Balaban J connectivity index is 1.77. The highest BCUT2D eigenvalue weighted by Crippen LogP contribution is 2.38. The van der Waals surface area contributed by atoms with Crippen molar-refractivity contribution in [3.05, 3.63) is 71.3 Å². The van der Waals surface area contributed by atoms with Gasteiger partial charge in [-0.1, -0.05) is 11.3 Å². The van der Waals surface area contributed by atoms with Crippen LogP contribution in [0.1, 0.15) is 26.3 Å². The lowest BCUT2D eigenvalue weighted by atomic mass is 10.1. The predicted octanol–water partition coefficient (Wildman–Crippen LogP) is 4.80. The van der Waals surface area contributed by atoms with Gasteiger partial charge in [-0.05, 0) is 54.6 Å². The van der Waals surface area contributed by atoms with E-state index in [0.717, 1.165) is 4.70 Å². The summed E-state index contributed by atoms with van der Waals surface area (Å²) in [5.41, 5.74) is 1.91. The van der Waals surface area contributed by atoms with Crippen molar-refractivity contribution in [3.8, 4) is 23.0 Å².